The van der Waals surface area contributed by atoms with Crippen molar-refractivity contribution >= 4 is 11.9 Å². The van der Waals surface area contributed by atoms with Crippen molar-refractivity contribution in [2.75, 3.05) is 26.2 Å². The maximum Gasteiger partial charge on any atom is 0.244 e. The summed E-state index contributed by atoms with van der Waals surface area (Å²) in [6.07, 6.45) is 5.94. The third kappa shape index (κ3) is 4.20. The molecule has 2 rings (SSSR count). The lowest BCUT2D eigenvalue weighted by Gasteiger charge is -2.26. The Hall–Kier alpha value is -1.26. The number of hydrogen-bond donors (Lipinski definition) is 2. The number of aliphatic imine (C=N–C) groups is 1. The Balaban J connectivity index is 1.79. The van der Waals surface area contributed by atoms with Crippen LogP contribution in [0.4, 0.5) is 0 Å². The van der Waals surface area contributed by atoms with Crippen LogP contribution >= 0.6 is 0 Å². The Morgan fingerprint density at radius 2 is 2.00 bits per heavy atom. The predicted octanol–water partition coefficient (Wildman–Crippen LogP) is 0.716. The third-order valence-corrected chi connectivity index (χ3v) is 3.34. The van der Waals surface area contributed by atoms with Crippen LogP contribution < -0.4 is 10.6 Å². The summed E-state index contributed by atoms with van der Waals surface area (Å²) >= 11 is 0. The summed E-state index contributed by atoms with van der Waals surface area (Å²) in [5.74, 6) is 0.938. The summed E-state index contributed by atoms with van der Waals surface area (Å²) in [6, 6.07) is 0.563. The van der Waals surface area contributed by atoms with E-state index in [4.69, 9.17) is 0 Å². The Kier molecular flexibility index (Phi) is 4.84. The molecule has 1 aliphatic carbocycles. The van der Waals surface area contributed by atoms with Gasteiger partial charge in [0.15, 0.2) is 5.96 Å². The van der Waals surface area contributed by atoms with Crippen molar-refractivity contribution in [2.45, 2.75) is 45.1 Å². The number of nitrogens with one attached hydrogen (secondary N) is 2. The lowest BCUT2D eigenvalue weighted by atomic mass is 10.1. The number of guanidine groups is 1. The van der Waals surface area contributed by atoms with Gasteiger partial charge in [0.05, 0.1) is 0 Å². The van der Waals surface area contributed by atoms with Crippen molar-refractivity contribution in [3.05, 3.63) is 0 Å². The molecule has 1 amide bonds. The fourth-order valence-electron chi connectivity index (χ4n) is 2.13. The number of likely N-dealkylation sites (tertiary alicyclic amines) is 1. The smallest absolute Gasteiger partial charge is 0.244 e. The van der Waals surface area contributed by atoms with E-state index in [-0.39, 0.29) is 12.5 Å². The van der Waals surface area contributed by atoms with Gasteiger partial charge in [0.2, 0.25) is 5.91 Å². The average Bonchev–Trinajstić information content (AvgIpc) is 3.21. The second kappa shape index (κ2) is 6.61. The minimum absolute atomic E-state index is 0.155. The fourth-order valence-corrected chi connectivity index (χ4v) is 2.13. The molecule has 2 N–H and O–H groups in total. The number of amides is 1. The number of piperidine rings is 1. The number of hydrogen-bond acceptors (Lipinski definition) is 2. The van der Waals surface area contributed by atoms with Crippen molar-refractivity contribution in [3.63, 3.8) is 0 Å². The van der Waals surface area contributed by atoms with Gasteiger partial charge in [-0.3, -0.25) is 4.79 Å². The highest BCUT2D eigenvalue weighted by Gasteiger charge is 2.22. The first-order chi connectivity index (χ1) is 8.79. The second-order valence-corrected chi connectivity index (χ2v) is 5.06. The van der Waals surface area contributed by atoms with E-state index in [0.717, 1.165) is 38.4 Å². The van der Waals surface area contributed by atoms with Crippen molar-refractivity contribution < 1.29 is 4.79 Å². The molecule has 1 heterocycles. The molecule has 0 bridgehead atoms. The molecule has 0 aromatic heterocycles. The van der Waals surface area contributed by atoms with Gasteiger partial charge in [0, 0.05) is 25.7 Å². The molecule has 0 unspecified atom stereocenters. The molecule has 5 nitrogen and oxygen atoms in total. The summed E-state index contributed by atoms with van der Waals surface area (Å²) in [4.78, 5) is 18.3. The topological polar surface area (TPSA) is 56.7 Å². The van der Waals surface area contributed by atoms with Crippen LogP contribution in [-0.2, 0) is 4.79 Å². The van der Waals surface area contributed by atoms with E-state index in [2.05, 4.69) is 15.6 Å². The molecule has 0 aromatic rings. The first-order valence-electron chi connectivity index (χ1n) is 7.12. The van der Waals surface area contributed by atoms with Crippen LogP contribution in [0.15, 0.2) is 4.99 Å². The molecular formula is C13H24N4O. The van der Waals surface area contributed by atoms with Gasteiger partial charge in [-0.15, -0.1) is 0 Å². The largest absolute Gasteiger partial charge is 0.357 e. The highest BCUT2D eigenvalue weighted by Crippen LogP contribution is 2.18. The highest BCUT2D eigenvalue weighted by atomic mass is 16.2. The van der Waals surface area contributed by atoms with E-state index in [1.54, 1.807) is 0 Å². The van der Waals surface area contributed by atoms with Gasteiger partial charge < -0.3 is 15.5 Å². The molecule has 0 spiro atoms. The van der Waals surface area contributed by atoms with Gasteiger partial charge in [-0.25, -0.2) is 4.99 Å². The number of carbonyl (C=O) groups is 1. The Labute approximate surface area is 109 Å². The first-order valence-corrected chi connectivity index (χ1v) is 7.12. The van der Waals surface area contributed by atoms with Crippen molar-refractivity contribution in [1.82, 2.24) is 15.5 Å². The SMILES string of the molecule is CCNC(=NCC(=O)N1CCCCC1)NC1CC1. The third-order valence-electron chi connectivity index (χ3n) is 3.34. The summed E-state index contributed by atoms with van der Waals surface area (Å²) in [5, 5.41) is 6.50. The minimum atomic E-state index is 0.155. The minimum Gasteiger partial charge on any atom is -0.357 e. The molecule has 0 aromatic carbocycles. The summed E-state index contributed by atoms with van der Waals surface area (Å²) in [7, 11) is 0. The zero-order valence-electron chi connectivity index (χ0n) is 11.2. The second-order valence-electron chi connectivity index (χ2n) is 5.06. The maximum atomic E-state index is 12.0. The molecule has 102 valence electrons. The number of nitrogens with zero attached hydrogens (tertiary/aromatic N) is 2. The molecule has 1 saturated carbocycles. The summed E-state index contributed by atoms with van der Waals surface area (Å²) < 4.78 is 0. The molecule has 2 fully saturated rings. The summed E-state index contributed by atoms with van der Waals surface area (Å²) in [5.41, 5.74) is 0. The van der Waals surface area contributed by atoms with Crippen molar-refractivity contribution in [2.24, 2.45) is 4.99 Å². The molecular weight excluding hydrogens is 228 g/mol. The van der Waals surface area contributed by atoms with Crippen LogP contribution in [0.5, 0.6) is 0 Å². The van der Waals surface area contributed by atoms with Gasteiger partial charge in [-0.2, -0.15) is 0 Å². The maximum absolute atomic E-state index is 12.0. The quantitative estimate of drug-likeness (QED) is 0.572. The molecule has 0 radical (unpaired) electrons. The lowest BCUT2D eigenvalue weighted by Crippen LogP contribution is -2.41. The van der Waals surface area contributed by atoms with E-state index < -0.39 is 0 Å². The normalized spacial score (nSPS) is 20.7. The summed E-state index contributed by atoms with van der Waals surface area (Å²) in [6.45, 7) is 4.94. The van der Waals surface area contributed by atoms with Crippen LogP contribution in [0.25, 0.3) is 0 Å². The zero-order valence-corrected chi connectivity index (χ0v) is 11.2. The van der Waals surface area contributed by atoms with Gasteiger partial charge in [-0.05, 0) is 39.0 Å². The Morgan fingerprint density at radius 1 is 1.28 bits per heavy atom. The van der Waals surface area contributed by atoms with Gasteiger partial charge in [-0.1, -0.05) is 0 Å². The van der Waals surface area contributed by atoms with E-state index in [1.165, 1.54) is 19.3 Å². The van der Waals surface area contributed by atoms with Crippen LogP contribution in [0.3, 0.4) is 0 Å². The van der Waals surface area contributed by atoms with Crippen LogP contribution in [0.2, 0.25) is 0 Å². The van der Waals surface area contributed by atoms with Crippen LogP contribution in [-0.4, -0.2) is 49.0 Å². The zero-order chi connectivity index (χ0) is 12.8. The molecule has 1 saturated heterocycles. The Morgan fingerprint density at radius 3 is 2.61 bits per heavy atom. The van der Waals surface area contributed by atoms with Gasteiger partial charge in [0.25, 0.3) is 0 Å². The Bertz CT molecular complexity index is 306. The molecule has 1 aliphatic heterocycles. The fraction of sp³-hybridized carbons (Fsp3) is 0.846. The molecule has 0 atom stereocenters. The van der Waals surface area contributed by atoms with E-state index in [9.17, 15) is 4.79 Å². The molecule has 2 aliphatic rings. The molecule has 18 heavy (non-hydrogen) atoms. The monoisotopic (exact) mass is 252 g/mol. The number of carbonyl (C=O) groups excluding carboxylic acids is 1. The number of rotatable bonds is 4. The lowest BCUT2D eigenvalue weighted by molar-refractivity contribution is -0.130. The van der Waals surface area contributed by atoms with Gasteiger partial charge >= 0.3 is 0 Å². The van der Waals surface area contributed by atoms with Crippen molar-refractivity contribution in [3.8, 4) is 0 Å². The predicted molar refractivity (Wildman–Crippen MR) is 72.6 cm³/mol. The molecule has 5 heteroatoms. The standard InChI is InChI=1S/C13H24N4O/c1-2-14-13(16-11-6-7-11)15-10-12(18)17-8-4-3-5-9-17/h11H,2-10H2,1H3,(H2,14,15,16). The van der Waals surface area contributed by atoms with E-state index in [1.807, 2.05) is 11.8 Å². The van der Waals surface area contributed by atoms with E-state index >= 15 is 0 Å². The average molecular weight is 252 g/mol. The first kappa shape index (κ1) is 13.2. The van der Waals surface area contributed by atoms with E-state index in [0.29, 0.717) is 6.04 Å². The van der Waals surface area contributed by atoms with Crippen molar-refractivity contribution in [1.29, 1.82) is 0 Å². The van der Waals surface area contributed by atoms with Crippen LogP contribution in [0.1, 0.15) is 39.0 Å². The van der Waals surface area contributed by atoms with Crippen LogP contribution in [0, 0.1) is 0 Å². The van der Waals surface area contributed by atoms with Gasteiger partial charge in [0.1, 0.15) is 6.54 Å². The highest BCUT2D eigenvalue weighted by molar-refractivity contribution is 5.85.